The third kappa shape index (κ3) is 3.35. The van der Waals surface area contributed by atoms with Gasteiger partial charge in [-0.3, -0.25) is 0 Å². The fourth-order valence-corrected chi connectivity index (χ4v) is 6.01. The highest BCUT2D eigenvalue weighted by atomic mass is 32.2. The summed E-state index contributed by atoms with van der Waals surface area (Å²) in [7, 11) is -3.40. The van der Waals surface area contributed by atoms with Crippen molar-refractivity contribution in [3.05, 3.63) is 53.1 Å². The first-order valence-electron chi connectivity index (χ1n) is 8.81. The smallest absolute Gasteiger partial charge is 0.207 e. The Hall–Kier alpha value is -1.39. The number of aryl methyl sites for hydroxylation is 3. The van der Waals surface area contributed by atoms with E-state index in [2.05, 4.69) is 24.3 Å². The van der Waals surface area contributed by atoms with Gasteiger partial charge < -0.3 is 0 Å². The van der Waals surface area contributed by atoms with Gasteiger partial charge in [-0.1, -0.05) is 42.0 Å². The molecular weight excluding hydrogens is 318 g/mol. The quantitative estimate of drug-likeness (QED) is 0.772. The van der Waals surface area contributed by atoms with Crippen LogP contribution in [0.1, 0.15) is 36.0 Å². The summed E-state index contributed by atoms with van der Waals surface area (Å²) in [5, 5.41) is 0. The Morgan fingerprint density at radius 3 is 2.04 bits per heavy atom. The van der Waals surface area contributed by atoms with E-state index in [0.717, 1.165) is 36.0 Å². The number of hydrogen-bond donors (Lipinski definition) is 0. The van der Waals surface area contributed by atoms with Crippen molar-refractivity contribution < 1.29 is 8.42 Å². The Morgan fingerprint density at radius 1 is 0.958 bits per heavy atom. The van der Waals surface area contributed by atoms with Gasteiger partial charge in [-0.05, 0) is 63.0 Å². The Bertz CT molecular complexity index is 734. The van der Waals surface area contributed by atoms with E-state index < -0.39 is 10.0 Å². The van der Waals surface area contributed by atoms with E-state index in [4.69, 9.17) is 0 Å². The molecule has 2 aliphatic rings. The van der Waals surface area contributed by atoms with E-state index in [-0.39, 0.29) is 0 Å². The second-order valence-corrected chi connectivity index (χ2v) is 9.01. The Labute approximate surface area is 146 Å². The Kier molecular flexibility index (Phi) is 4.97. The summed E-state index contributed by atoms with van der Waals surface area (Å²) in [5.74, 6) is 1.04. The highest BCUT2D eigenvalue weighted by Crippen LogP contribution is 2.33. The van der Waals surface area contributed by atoms with Crippen LogP contribution in [-0.4, -0.2) is 25.8 Å². The minimum absolute atomic E-state index is 0.478. The summed E-state index contributed by atoms with van der Waals surface area (Å²) < 4.78 is 27.9. The first-order valence-corrected chi connectivity index (χ1v) is 10.2. The average molecular weight is 346 g/mol. The molecule has 1 fully saturated rings. The largest absolute Gasteiger partial charge is 0.243 e. The van der Waals surface area contributed by atoms with Crippen LogP contribution in [0.25, 0.3) is 0 Å². The highest BCUT2D eigenvalue weighted by Gasteiger charge is 2.33. The molecule has 1 aliphatic carbocycles. The molecule has 4 heteroatoms. The van der Waals surface area contributed by atoms with Crippen molar-refractivity contribution >= 4 is 10.0 Å². The van der Waals surface area contributed by atoms with Gasteiger partial charge in [-0.2, -0.15) is 4.31 Å². The van der Waals surface area contributed by atoms with Crippen molar-refractivity contribution in [2.45, 2.75) is 44.9 Å². The standard InChI is InChI=1S/C20H27NO2S/c1-15-13-16(2)20(17(3)14-15)24(22,23)21-11-9-19(10-12-21)18-7-5-4-6-8-18/h5-8,13-14,18-19H,4,9-12H2,1-3H3. The van der Waals surface area contributed by atoms with Gasteiger partial charge in [0.05, 0.1) is 4.90 Å². The molecule has 0 spiro atoms. The van der Waals surface area contributed by atoms with Crippen molar-refractivity contribution in [3.63, 3.8) is 0 Å². The fraction of sp³-hybridized carbons (Fsp3) is 0.500. The Morgan fingerprint density at radius 2 is 1.50 bits per heavy atom. The molecule has 1 aliphatic heterocycles. The third-order valence-electron chi connectivity index (χ3n) is 5.23. The lowest BCUT2D eigenvalue weighted by Gasteiger charge is -2.34. The van der Waals surface area contributed by atoms with Crippen LogP contribution in [0.4, 0.5) is 0 Å². The van der Waals surface area contributed by atoms with Crippen molar-refractivity contribution in [3.8, 4) is 0 Å². The lowest BCUT2D eigenvalue weighted by molar-refractivity contribution is 0.249. The molecule has 0 saturated carbocycles. The molecular formula is C20H27NO2S. The van der Waals surface area contributed by atoms with E-state index in [9.17, 15) is 8.42 Å². The summed E-state index contributed by atoms with van der Waals surface area (Å²) in [4.78, 5) is 0.504. The summed E-state index contributed by atoms with van der Waals surface area (Å²) >= 11 is 0. The van der Waals surface area contributed by atoms with Crippen LogP contribution in [0.15, 0.2) is 41.3 Å². The molecule has 130 valence electrons. The summed E-state index contributed by atoms with van der Waals surface area (Å²) in [5.41, 5.74) is 2.82. The van der Waals surface area contributed by atoms with Gasteiger partial charge in [0.1, 0.15) is 0 Å². The maximum absolute atomic E-state index is 13.1. The maximum Gasteiger partial charge on any atom is 0.243 e. The summed E-state index contributed by atoms with van der Waals surface area (Å²) in [6.07, 6.45) is 11.9. The van der Waals surface area contributed by atoms with Gasteiger partial charge in [0.2, 0.25) is 10.0 Å². The van der Waals surface area contributed by atoms with Gasteiger partial charge in [-0.15, -0.1) is 0 Å². The predicted octanol–water partition coefficient (Wildman–Crippen LogP) is 4.14. The number of allylic oxidation sites excluding steroid dienone is 4. The summed E-state index contributed by atoms with van der Waals surface area (Å²) in [6, 6.07) is 3.93. The molecule has 24 heavy (non-hydrogen) atoms. The van der Waals surface area contributed by atoms with E-state index in [0.29, 0.717) is 29.8 Å². The van der Waals surface area contributed by atoms with Crippen molar-refractivity contribution in [2.75, 3.05) is 13.1 Å². The van der Waals surface area contributed by atoms with Crippen LogP contribution in [0.2, 0.25) is 0 Å². The SMILES string of the molecule is Cc1cc(C)c(S(=O)(=O)N2CCC(C3C=CCC=C3)CC2)c(C)c1. The van der Waals surface area contributed by atoms with E-state index in [1.54, 1.807) is 4.31 Å². The molecule has 0 aromatic heterocycles. The van der Waals surface area contributed by atoms with Gasteiger partial charge in [0, 0.05) is 13.1 Å². The molecule has 1 saturated heterocycles. The third-order valence-corrected chi connectivity index (χ3v) is 7.44. The van der Waals surface area contributed by atoms with Crippen LogP contribution < -0.4 is 0 Å². The summed E-state index contributed by atoms with van der Waals surface area (Å²) in [6.45, 7) is 7.05. The van der Waals surface area contributed by atoms with E-state index in [1.165, 1.54) is 0 Å². The fourth-order valence-electron chi connectivity index (χ4n) is 4.13. The van der Waals surface area contributed by atoms with Gasteiger partial charge >= 0.3 is 0 Å². The van der Waals surface area contributed by atoms with E-state index >= 15 is 0 Å². The number of rotatable bonds is 3. The zero-order valence-electron chi connectivity index (χ0n) is 14.8. The average Bonchev–Trinajstić information content (AvgIpc) is 2.54. The number of hydrogen-bond acceptors (Lipinski definition) is 2. The molecule has 0 unspecified atom stereocenters. The molecule has 0 radical (unpaired) electrons. The Balaban J connectivity index is 1.77. The van der Waals surface area contributed by atoms with Crippen LogP contribution in [0, 0.1) is 32.6 Å². The first-order chi connectivity index (χ1) is 11.4. The van der Waals surface area contributed by atoms with Crippen molar-refractivity contribution in [1.82, 2.24) is 4.31 Å². The van der Waals surface area contributed by atoms with Gasteiger partial charge in [-0.25, -0.2) is 8.42 Å². The number of nitrogens with zero attached hydrogens (tertiary/aromatic N) is 1. The molecule has 0 N–H and O–H groups in total. The number of sulfonamides is 1. The molecule has 1 heterocycles. The van der Waals surface area contributed by atoms with Crippen molar-refractivity contribution in [1.29, 1.82) is 0 Å². The molecule has 3 nitrogen and oxygen atoms in total. The van der Waals surface area contributed by atoms with Crippen LogP contribution in [0.3, 0.4) is 0 Å². The minimum atomic E-state index is -3.40. The lowest BCUT2D eigenvalue weighted by Crippen LogP contribution is -2.40. The zero-order valence-corrected chi connectivity index (χ0v) is 15.6. The van der Waals surface area contributed by atoms with Crippen LogP contribution in [-0.2, 0) is 10.0 Å². The van der Waals surface area contributed by atoms with Gasteiger partial charge in [0.15, 0.2) is 0 Å². The van der Waals surface area contributed by atoms with Crippen LogP contribution >= 0.6 is 0 Å². The molecule has 1 aromatic carbocycles. The molecule has 0 atom stereocenters. The predicted molar refractivity (Wildman–Crippen MR) is 98.5 cm³/mol. The second kappa shape index (κ2) is 6.85. The monoisotopic (exact) mass is 345 g/mol. The lowest BCUT2D eigenvalue weighted by atomic mass is 9.83. The molecule has 0 bridgehead atoms. The topological polar surface area (TPSA) is 37.4 Å². The van der Waals surface area contributed by atoms with Gasteiger partial charge in [0.25, 0.3) is 0 Å². The minimum Gasteiger partial charge on any atom is -0.207 e. The molecule has 3 rings (SSSR count). The first kappa shape index (κ1) is 17.4. The van der Waals surface area contributed by atoms with Crippen LogP contribution in [0.5, 0.6) is 0 Å². The number of piperidine rings is 1. The van der Waals surface area contributed by atoms with Crippen molar-refractivity contribution in [2.24, 2.45) is 11.8 Å². The maximum atomic E-state index is 13.1. The van der Waals surface area contributed by atoms with E-state index in [1.807, 2.05) is 32.9 Å². The zero-order chi connectivity index (χ0) is 17.3. The highest BCUT2D eigenvalue weighted by molar-refractivity contribution is 7.89. The normalized spacial score (nSPS) is 20.6. The molecule has 0 amide bonds. The second-order valence-electron chi connectivity index (χ2n) is 7.14. The number of benzene rings is 1. The molecule has 1 aromatic rings.